The van der Waals surface area contributed by atoms with E-state index in [9.17, 15) is 0 Å². The van der Waals surface area contributed by atoms with Crippen molar-refractivity contribution in [1.29, 1.82) is 0 Å². The lowest BCUT2D eigenvalue weighted by molar-refractivity contribution is -0.0336. The van der Waals surface area contributed by atoms with E-state index in [-0.39, 0.29) is 0 Å². The molecule has 148 valence electrons. The van der Waals surface area contributed by atoms with Crippen LogP contribution >= 0.6 is 0 Å². The van der Waals surface area contributed by atoms with Gasteiger partial charge in [-0.1, -0.05) is 49.6 Å². The predicted octanol–water partition coefficient (Wildman–Crippen LogP) is 5.44. The minimum atomic E-state index is 0.809. The van der Waals surface area contributed by atoms with E-state index in [0.29, 0.717) is 0 Å². The fourth-order valence-electron chi connectivity index (χ4n) is 7.08. The molecule has 2 aliphatic carbocycles. The summed E-state index contributed by atoms with van der Waals surface area (Å²) in [6.07, 6.45) is 16.0. The monoisotopic (exact) mass is 366 g/mol. The van der Waals surface area contributed by atoms with Crippen LogP contribution in [-0.4, -0.2) is 47.6 Å². The topological polar surface area (TPSA) is 6.48 Å². The number of fused-ring (bicyclic) bond motifs is 1. The Morgan fingerprint density at radius 2 is 1.44 bits per heavy atom. The van der Waals surface area contributed by atoms with Crippen LogP contribution in [0.3, 0.4) is 0 Å². The molecule has 2 atom stereocenters. The highest BCUT2D eigenvalue weighted by Crippen LogP contribution is 2.42. The zero-order valence-electron chi connectivity index (χ0n) is 17.1. The smallest absolute Gasteiger partial charge is 0.0283 e. The van der Waals surface area contributed by atoms with E-state index in [4.69, 9.17) is 0 Å². The minimum absolute atomic E-state index is 0.809. The lowest BCUT2D eigenvalue weighted by Crippen LogP contribution is -2.63. The molecule has 1 aromatic rings. The van der Waals surface area contributed by atoms with Crippen molar-refractivity contribution < 1.29 is 0 Å². The molecule has 5 rings (SSSR count). The lowest BCUT2D eigenvalue weighted by atomic mass is 9.76. The molecule has 0 aromatic heterocycles. The van der Waals surface area contributed by atoms with Crippen LogP contribution in [0.5, 0.6) is 0 Å². The maximum absolute atomic E-state index is 3.06. The summed E-state index contributed by atoms with van der Waals surface area (Å²) in [4.78, 5) is 5.93. The van der Waals surface area contributed by atoms with E-state index in [1.165, 1.54) is 90.3 Å². The zero-order chi connectivity index (χ0) is 18.1. The summed E-state index contributed by atoms with van der Waals surface area (Å²) in [5, 5.41) is 0. The van der Waals surface area contributed by atoms with Crippen molar-refractivity contribution in [3.8, 4) is 0 Å². The zero-order valence-corrected chi connectivity index (χ0v) is 17.1. The molecule has 2 unspecified atom stereocenters. The van der Waals surface area contributed by atoms with Gasteiger partial charge in [-0.15, -0.1) is 0 Å². The first-order valence-electron chi connectivity index (χ1n) is 11.9. The first-order chi connectivity index (χ1) is 13.4. The van der Waals surface area contributed by atoms with Gasteiger partial charge in [0.2, 0.25) is 0 Å². The Bertz CT molecular complexity index is 586. The van der Waals surface area contributed by atoms with E-state index in [2.05, 4.69) is 40.1 Å². The van der Waals surface area contributed by atoms with Crippen molar-refractivity contribution in [3.63, 3.8) is 0 Å². The molecule has 27 heavy (non-hydrogen) atoms. The van der Waals surface area contributed by atoms with Gasteiger partial charge in [-0.25, -0.2) is 0 Å². The van der Waals surface area contributed by atoms with Gasteiger partial charge < -0.3 is 0 Å². The highest BCUT2D eigenvalue weighted by molar-refractivity contribution is 5.20. The highest BCUT2D eigenvalue weighted by Gasteiger charge is 2.45. The molecule has 4 aliphatic rings. The number of piperazine rings is 1. The largest absolute Gasteiger partial charge is 0.298 e. The van der Waals surface area contributed by atoms with E-state index in [0.717, 1.165) is 30.0 Å². The number of benzene rings is 1. The maximum Gasteiger partial charge on any atom is 0.0283 e. The summed E-state index contributed by atoms with van der Waals surface area (Å²) >= 11 is 0. The van der Waals surface area contributed by atoms with E-state index in [1.54, 1.807) is 5.56 Å². The van der Waals surface area contributed by atoms with Crippen LogP contribution in [0.4, 0.5) is 0 Å². The third-order valence-electron chi connectivity index (χ3n) is 8.41. The molecule has 2 saturated carbocycles. The molecule has 0 amide bonds. The normalized spacial score (nSPS) is 36.6. The third kappa shape index (κ3) is 3.72. The Hall–Kier alpha value is -0.860. The third-order valence-corrected chi connectivity index (χ3v) is 8.41. The number of rotatable bonds is 3. The Balaban J connectivity index is 1.29. The summed E-state index contributed by atoms with van der Waals surface area (Å²) in [5.41, 5.74) is 1.58. The molecule has 2 saturated heterocycles. The average molecular weight is 367 g/mol. The van der Waals surface area contributed by atoms with Crippen molar-refractivity contribution in [2.45, 2.75) is 94.7 Å². The van der Waals surface area contributed by atoms with E-state index >= 15 is 0 Å². The van der Waals surface area contributed by atoms with Gasteiger partial charge in [-0.2, -0.15) is 0 Å². The van der Waals surface area contributed by atoms with Gasteiger partial charge >= 0.3 is 0 Å². The van der Waals surface area contributed by atoms with Gasteiger partial charge in [-0.3, -0.25) is 9.80 Å². The minimum Gasteiger partial charge on any atom is -0.298 e. The summed E-state index contributed by atoms with van der Waals surface area (Å²) in [6.45, 7) is 4.06. The molecular weight excluding hydrogens is 328 g/mol. The molecule has 2 heteroatoms. The molecule has 4 fully saturated rings. The first kappa shape index (κ1) is 18.2. The van der Waals surface area contributed by atoms with Gasteiger partial charge in [0.25, 0.3) is 0 Å². The van der Waals surface area contributed by atoms with Crippen LogP contribution in [0.2, 0.25) is 0 Å². The fourth-order valence-corrected chi connectivity index (χ4v) is 7.08. The molecule has 0 bridgehead atoms. The van der Waals surface area contributed by atoms with Crippen molar-refractivity contribution >= 4 is 0 Å². The van der Waals surface area contributed by atoms with Crippen LogP contribution < -0.4 is 0 Å². The van der Waals surface area contributed by atoms with Crippen molar-refractivity contribution in [2.24, 2.45) is 5.92 Å². The Morgan fingerprint density at radius 3 is 2.22 bits per heavy atom. The van der Waals surface area contributed by atoms with Crippen LogP contribution in [-0.2, 0) is 0 Å². The molecule has 2 aliphatic heterocycles. The van der Waals surface area contributed by atoms with Crippen molar-refractivity contribution in [1.82, 2.24) is 9.80 Å². The second-order valence-electron chi connectivity index (χ2n) is 9.79. The number of nitrogens with zero attached hydrogens (tertiary/aromatic N) is 2. The molecule has 0 N–H and O–H groups in total. The quantitative estimate of drug-likeness (QED) is 0.702. The van der Waals surface area contributed by atoms with Gasteiger partial charge in [0.05, 0.1) is 0 Å². The second kappa shape index (κ2) is 8.25. The van der Waals surface area contributed by atoms with Crippen molar-refractivity contribution in [2.75, 3.05) is 19.6 Å². The van der Waals surface area contributed by atoms with E-state index < -0.39 is 0 Å². The summed E-state index contributed by atoms with van der Waals surface area (Å²) in [6, 6.07) is 13.9. The summed E-state index contributed by atoms with van der Waals surface area (Å²) in [5.74, 6) is 1.79. The van der Waals surface area contributed by atoms with Gasteiger partial charge in [0.15, 0.2) is 0 Å². The summed E-state index contributed by atoms with van der Waals surface area (Å²) in [7, 11) is 0. The average Bonchev–Trinajstić information content (AvgIpc) is 3.23. The van der Waals surface area contributed by atoms with E-state index in [1.807, 2.05) is 0 Å². The van der Waals surface area contributed by atoms with Crippen LogP contribution in [0, 0.1) is 5.92 Å². The molecule has 0 spiro atoms. The maximum atomic E-state index is 3.06. The van der Waals surface area contributed by atoms with Crippen LogP contribution in [0.15, 0.2) is 30.3 Å². The van der Waals surface area contributed by atoms with Crippen molar-refractivity contribution in [3.05, 3.63) is 35.9 Å². The summed E-state index contributed by atoms with van der Waals surface area (Å²) < 4.78 is 0. The van der Waals surface area contributed by atoms with Crippen LogP contribution in [0.25, 0.3) is 0 Å². The number of hydrogen-bond acceptors (Lipinski definition) is 2. The van der Waals surface area contributed by atoms with Gasteiger partial charge in [0.1, 0.15) is 0 Å². The molecule has 2 heterocycles. The second-order valence-corrected chi connectivity index (χ2v) is 9.79. The van der Waals surface area contributed by atoms with Gasteiger partial charge in [0, 0.05) is 31.2 Å². The standard InChI is InChI=1S/C25H38N2/c1-3-8-20(9-4-1)21-13-15-23(16-14-21)27-19-18-26-17-7-12-24(26)25(27)22-10-5-2-6-11-22/h1,3-4,8-9,21-25H,2,5-7,10-19H2. The molecule has 0 radical (unpaired) electrons. The number of hydrogen-bond donors (Lipinski definition) is 0. The lowest BCUT2D eigenvalue weighted by Gasteiger charge is -2.53. The predicted molar refractivity (Wildman–Crippen MR) is 113 cm³/mol. The van der Waals surface area contributed by atoms with Crippen LogP contribution in [0.1, 0.15) is 82.1 Å². The Kier molecular flexibility index (Phi) is 5.56. The molecule has 2 nitrogen and oxygen atoms in total. The molecular formula is C25H38N2. The fraction of sp³-hybridized carbons (Fsp3) is 0.760. The SMILES string of the molecule is c1ccc(C2CCC(N3CCN4CCCC4C3C3CCCCC3)CC2)cc1. The van der Waals surface area contributed by atoms with Gasteiger partial charge in [-0.05, 0) is 75.3 Å². The Morgan fingerprint density at radius 1 is 0.667 bits per heavy atom. The Labute approximate surface area is 166 Å². The molecule has 1 aromatic carbocycles. The first-order valence-corrected chi connectivity index (χ1v) is 11.9. The highest BCUT2D eigenvalue weighted by atomic mass is 15.3.